The molecule has 0 radical (unpaired) electrons. The number of aromatic nitrogens is 1. The number of aliphatic hydroxyl groups is 1. The van der Waals surface area contributed by atoms with E-state index in [0.717, 1.165) is 0 Å². The third kappa shape index (κ3) is 8.87. The predicted octanol–water partition coefficient (Wildman–Crippen LogP) is 4.17. The molecule has 9 nitrogen and oxygen atoms in total. The van der Waals surface area contributed by atoms with Crippen LogP contribution in [0.2, 0.25) is 0 Å². The van der Waals surface area contributed by atoms with Crippen molar-refractivity contribution in [2.24, 2.45) is 11.8 Å². The minimum Gasteiger partial charge on any atom is -0.461 e. The van der Waals surface area contributed by atoms with Crippen LogP contribution < -0.4 is 5.32 Å². The first-order chi connectivity index (χ1) is 15.7. The number of ether oxygens (including phenoxy) is 2. The standard InChI is InChI=1S/C24H41N3O6S/c1-10-15(5)19(26-23(31)33-24(6,7)8)21(29)27(9)17(14(3)4)12-18(28)20-25-16(13-34-20)22(30)32-11-2/h13-15,17-19,28H,10-12H2,1-9H3,(H,26,31)/t15-,17+,18+,19-/m0/s1. The Kier molecular flexibility index (Phi) is 11.4. The van der Waals surface area contributed by atoms with Crippen molar-refractivity contribution in [3.05, 3.63) is 16.1 Å². The van der Waals surface area contributed by atoms with Gasteiger partial charge < -0.3 is 24.8 Å². The zero-order valence-electron chi connectivity index (χ0n) is 21.9. The molecule has 10 heteroatoms. The summed E-state index contributed by atoms with van der Waals surface area (Å²) in [4.78, 5) is 43.6. The van der Waals surface area contributed by atoms with E-state index in [1.165, 1.54) is 11.3 Å². The van der Waals surface area contributed by atoms with Gasteiger partial charge in [0.15, 0.2) is 5.69 Å². The van der Waals surface area contributed by atoms with Gasteiger partial charge in [-0.3, -0.25) is 4.79 Å². The third-order valence-electron chi connectivity index (χ3n) is 5.52. The summed E-state index contributed by atoms with van der Waals surface area (Å²) in [5, 5.41) is 15.5. The van der Waals surface area contributed by atoms with Gasteiger partial charge in [-0.05, 0) is 39.5 Å². The van der Waals surface area contributed by atoms with Crippen LogP contribution in [0, 0.1) is 11.8 Å². The number of esters is 1. The maximum Gasteiger partial charge on any atom is 0.408 e. The predicted molar refractivity (Wildman–Crippen MR) is 132 cm³/mol. The van der Waals surface area contributed by atoms with E-state index in [0.29, 0.717) is 11.4 Å². The Hall–Kier alpha value is -2.20. The summed E-state index contributed by atoms with van der Waals surface area (Å²) in [6.07, 6.45) is -0.688. The molecule has 194 valence electrons. The van der Waals surface area contributed by atoms with Crippen molar-refractivity contribution in [3.63, 3.8) is 0 Å². The van der Waals surface area contributed by atoms with Crippen molar-refractivity contribution in [3.8, 4) is 0 Å². The SMILES string of the molecule is CCOC(=O)c1csc([C@H](O)C[C@H](C(C)C)N(C)C(=O)[C@@H](NC(=O)OC(C)(C)C)[C@@H](C)CC)n1. The van der Waals surface area contributed by atoms with Gasteiger partial charge in [-0.1, -0.05) is 34.1 Å². The molecule has 34 heavy (non-hydrogen) atoms. The van der Waals surface area contributed by atoms with Gasteiger partial charge in [0.25, 0.3) is 0 Å². The molecule has 0 aliphatic rings. The summed E-state index contributed by atoms with van der Waals surface area (Å²) in [5.41, 5.74) is -0.524. The van der Waals surface area contributed by atoms with Crippen LogP contribution in [0.5, 0.6) is 0 Å². The van der Waals surface area contributed by atoms with Gasteiger partial charge in [-0.2, -0.15) is 0 Å². The molecule has 2 N–H and O–H groups in total. The van der Waals surface area contributed by atoms with Gasteiger partial charge in [-0.25, -0.2) is 14.6 Å². The summed E-state index contributed by atoms with van der Waals surface area (Å²) in [6.45, 7) is 15.0. The number of aliphatic hydroxyl groups excluding tert-OH is 1. The average Bonchev–Trinajstić information content (AvgIpc) is 3.23. The van der Waals surface area contributed by atoms with Crippen molar-refractivity contribution in [1.29, 1.82) is 0 Å². The summed E-state index contributed by atoms with van der Waals surface area (Å²) in [7, 11) is 1.68. The summed E-state index contributed by atoms with van der Waals surface area (Å²) in [5.74, 6) is -0.884. The van der Waals surface area contributed by atoms with Gasteiger partial charge in [0, 0.05) is 24.9 Å². The molecule has 0 aliphatic heterocycles. The number of hydrogen-bond acceptors (Lipinski definition) is 8. The highest BCUT2D eigenvalue weighted by Crippen LogP contribution is 2.28. The van der Waals surface area contributed by atoms with Crippen LogP contribution in [0.1, 0.15) is 89.8 Å². The molecule has 0 aromatic carbocycles. The minimum atomic E-state index is -0.961. The topological polar surface area (TPSA) is 118 Å². The number of amides is 2. The second-order valence-corrected chi connectivity index (χ2v) is 10.7. The van der Waals surface area contributed by atoms with E-state index < -0.39 is 29.8 Å². The molecule has 0 aliphatic carbocycles. The number of hydrogen-bond donors (Lipinski definition) is 2. The number of thiazole rings is 1. The van der Waals surface area contributed by atoms with Gasteiger partial charge >= 0.3 is 12.1 Å². The van der Waals surface area contributed by atoms with Crippen LogP contribution >= 0.6 is 11.3 Å². The highest BCUT2D eigenvalue weighted by molar-refractivity contribution is 7.09. The Morgan fingerprint density at radius 3 is 2.32 bits per heavy atom. The number of carbonyl (C=O) groups is 3. The Balaban J connectivity index is 3.02. The van der Waals surface area contributed by atoms with Crippen LogP contribution in [-0.2, 0) is 14.3 Å². The third-order valence-corrected chi connectivity index (χ3v) is 6.47. The Labute approximate surface area is 207 Å². The highest BCUT2D eigenvalue weighted by atomic mass is 32.1. The Morgan fingerprint density at radius 1 is 1.21 bits per heavy atom. The van der Waals surface area contributed by atoms with Crippen LogP contribution in [0.4, 0.5) is 4.79 Å². The maximum absolute atomic E-state index is 13.5. The molecule has 1 aromatic rings. The molecule has 0 unspecified atom stereocenters. The van der Waals surface area contributed by atoms with Gasteiger partial charge in [-0.15, -0.1) is 11.3 Å². The lowest BCUT2D eigenvalue weighted by atomic mass is 9.93. The number of nitrogens with zero attached hydrogens (tertiary/aromatic N) is 2. The van der Waals surface area contributed by atoms with Crippen LogP contribution in [0.15, 0.2) is 5.38 Å². The van der Waals surface area contributed by atoms with Gasteiger partial charge in [0.2, 0.25) is 5.91 Å². The molecular weight excluding hydrogens is 458 g/mol. The molecule has 0 saturated heterocycles. The van der Waals surface area contributed by atoms with Crippen molar-refractivity contribution in [2.75, 3.05) is 13.7 Å². The molecule has 0 spiro atoms. The van der Waals surface area contributed by atoms with Gasteiger partial charge in [0.05, 0.1) is 6.61 Å². The molecule has 4 atom stereocenters. The van der Waals surface area contributed by atoms with Crippen molar-refractivity contribution < 1.29 is 29.0 Å². The quantitative estimate of drug-likeness (QED) is 0.439. The van der Waals surface area contributed by atoms with E-state index >= 15 is 0 Å². The number of alkyl carbamates (subject to hydrolysis) is 1. The number of nitrogens with one attached hydrogen (secondary N) is 1. The minimum absolute atomic E-state index is 0.0206. The monoisotopic (exact) mass is 499 g/mol. The lowest BCUT2D eigenvalue weighted by molar-refractivity contribution is -0.137. The smallest absolute Gasteiger partial charge is 0.408 e. The van der Waals surface area contributed by atoms with E-state index in [-0.39, 0.29) is 42.5 Å². The molecule has 2 amide bonds. The van der Waals surface area contributed by atoms with Crippen molar-refractivity contribution in [2.45, 2.75) is 92.0 Å². The molecule has 1 rings (SSSR count). The zero-order valence-corrected chi connectivity index (χ0v) is 22.7. The summed E-state index contributed by atoms with van der Waals surface area (Å²) >= 11 is 1.18. The fourth-order valence-electron chi connectivity index (χ4n) is 3.45. The van der Waals surface area contributed by atoms with E-state index in [4.69, 9.17) is 9.47 Å². The van der Waals surface area contributed by atoms with Crippen LogP contribution in [0.25, 0.3) is 0 Å². The second-order valence-electron chi connectivity index (χ2n) is 9.81. The van der Waals surface area contributed by atoms with Crippen molar-refractivity contribution >= 4 is 29.3 Å². The maximum atomic E-state index is 13.5. The average molecular weight is 500 g/mol. The number of carbonyl (C=O) groups excluding carboxylic acids is 3. The molecule has 0 bridgehead atoms. The summed E-state index contributed by atoms with van der Waals surface area (Å²) < 4.78 is 10.3. The highest BCUT2D eigenvalue weighted by Gasteiger charge is 2.35. The first-order valence-corrected chi connectivity index (χ1v) is 12.7. The largest absolute Gasteiger partial charge is 0.461 e. The molecular formula is C24H41N3O6S. The van der Waals surface area contributed by atoms with Gasteiger partial charge in [0.1, 0.15) is 22.8 Å². The molecule has 0 fully saturated rings. The normalized spacial score (nSPS) is 15.3. The lowest BCUT2D eigenvalue weighted by Crippen LogP contribution is -2.54. The Bertz CT molecular complexity index is 820. The van der Waals surface area contributed by atoms with Crippen molar-refractivity contribution in [1.82, 2.24) is 15.2 Å². The van der Waals surface area contributed by atoms with E-state index in [1.807, 2.05) is 27.7 Å². The fraction of sp³-hybridized carbons (Fsp3) is 0.750. The number of rotatable bonds is 11. The Morgan fingerprint density at radius 2 is 1.82 bits per heavy atom. The first-order valence-electron chi connectivity index (χ1n) is 11.8. The molecule has 1 aromatic heterocycles. The second kappa shape index (κ2) is 13.0. The van der Waals surface area contributed by atoms with E-state index in [1.54, 1.807) is 45.0 Å². The van der Waals surface area contributed by atoms with Crippen LogP contribution in [-0.4, -0.2) is 64.3 Å². The summed E-state index contributed by atoms with van der Waals surface area (Å²) in [6, 6.07) is -1.09. The fourth-order valence-corrected chi connectivity index (χ4v) is 4.23. The number of likely N-dealkylation sites (N-methyl/N-ethyl adjacent to an activating group) is 1. The first kappa shape index (κ1) is 29.8. The van der Waals surface area contributed by atoms with Crippen LogP contribution in [0.3, 0.4) is 0 Å². The molecule has 1 heterocycles. The van der Waals surface area contributed by atoms with E-state index in [9.17, 15) is 19.5 Å². The zero-order chi connectivity index (χ0) is 26.2. The lowest BCUT2D eigenvalue weighted by Gasteiger charge is -2.36. The van der Waals surface area contributed by atoms with E-state index in [2.05, 4.69) is 10.3 Å². The molecule has 0 saturated carbocycles.